The highest BCUT2D eigenvalue weighted by atomic mass is 31.2. The summed E-state index contributed by atoms with van der Waals surface area (Å²) >= 11 is 0. The summed E-state index contributed by atoms with van der Waals surface area (Å²) in [4.78, 5) is 34.7. The lowest BCUT2D eigenvalue weighted by Crippen LogP contribution is -2.29. The maximum atomic E-state index is 12.5. The Morgan fingerprint density at radius 1 is 0.540 bits per heavy atom. The number of allylic oxidation sites excluding steroid dienone is 4. The van der Waals surface area contributed by atoms with Crippen molar-refractivity contribution >= 4 is 19.8 Å². The molecule has 294 valence electrons. The molecule has 0 fully saturated rings. The second kappa shape index (κ2) is 37.3. The Hall–Kier alpha value is -1.47. The van der Waals surface area contributed by atoms with Gasteiger partial charge in [0, 0.05) is 12.8 Å². The number of esters is 2. The lowest BCUT2D eigenvalue weighted by Gasteiger charge is -2.19. The summed E-state index contributed by atoms with van der Waals surface area (Å²) < 4.78 is 32.6. The lowest BCUT2D eigenvalue weighted by molar-refractivity contribution is -0.161. The maximum absolute atomic E-state index is 12.5. The van der Waals surface area contributed by atoms with E-state index in [0.29, 0.717) is 12.8 Å². The van der Waals surface area contributed by atoms with Crippen molar-refractivity contribution in [3.05, 3.63) is 24.3 Å². The van der Waals surface area contributed by atoms with Crippen molar-refractivity contribution in [2.45, 2.75) is 207 Å². The van der Waals surface area contributed by atoms with E-state index in [9.17, 15) is 19.0 Å². The number of carbonyl (C=O) groups excluding carboxylic acids is 2. The van der Waals surface area contributed by atoms with Crippen molar-refractivity contribution in [3.8, 4) is 0 Å². The number of rotatable bonds is 38. The SMILES string of the molecule is CCCC/C=C\C/C=C\CCCCCCCC(=O)OC(COC(=O)CCCCCCCCCCCCCCCCCC)COP(=O)(O)OCC. The van der Waals surface area contributed by atoms with Crippen LogP contribution in [0, 0.1) is 0 Å². The zero-order chi connectivity index (χ0) is 36.8. The molecule has 0 aromatic rings. The fourth-order valence-electron chi connectivity index (χ4n) is 5.70. The Labute approximate surface area is 307 Å². The van der Waals surface area contributed by atoms with E-state index < -0.39 is 26.5 Å². The average Bonchev–Trinajstić information content (AvgIpc) is 3.09. The molecule has 0 bridgehead atoms. The maximum Gasteiger partial charge on any atom is 0.472 e. The van der Waals surface area contributed by atoms with Gasteiger partial charge in [-0.1, -0.05) is 167 Å². The van der Waals surface area contributed by atoms with Gasteiger partial charge in [-0.3, -0.25) is 18.6 Å². The van der Waals surface area contributed by atoms with Crippen LogP contribution in [0.1, 0.15) is 201 Å². The molecule has 0 amide bonds. The Morgan fingerprint density at radius 2 is 0.980 bits per heavy atom. The van der Waals surface area contributed by atoms with E-state index in [4.69, 9.17) is 18.5 Å². The van der Waals surface area contributed by atoms with Gasteiger partial charge in [0.15, 0.2) is 6.10 Å². The zero-order valence-electron chi connectivity index (χ0n) is 32.6. The van der Waals surface area contributed by atoms with Crippen molar-refractivity contribution < 1.29 is 37.6 Å². The largest absolute Gasteiger partial charge is 0.472 e. The van der Waals surface area contributed by atoms with Gasteiger partial charge in [0.1, 0.15) is 6.61 Å². The van der Waals surface area contributed by atoms with Crippen LogP contribution in [-0.2, 0) is 32.7 Å². The minimum atomic E-state index is -4.28. The third kappa shape index (κ3) is 36.3. The van der Waals surface area contributed by atoms with E-state index in [1.807, 2.05) is 0 Å². The number of phosphoric acid groups is 1. The third-order valence-corrected chi connectivity index (χ3v) is 9.82. The van der Waals surface area contributed by atoms with Crippen LogP contribution >= 0.6 is 7.82 Å². The molecule has 2 atom stereocenters. The van der Waals surface area contributed by atoms with Crippen LogP contribution in [0.5, 0.6) is 0 Å². The minimum Gasteiger partial charge on any atom is -0.462 e. The molecule has 0 saturated carbocycles. The molecule has 9 heteroatoms. The quantitative estimate of drug-likeness (QED) is 0.0290. The summed E-state index contributed by atoms with van der Waals surface area (Å²) in [6.45, 7) is 5.43. The molecule has 0 aromatic heterocycles. The van der Waals surface area contributed by atoms with Crippen LogP contribution < -0.4 is 0 Å². The summed E-state index contributed by atoms with van der Waals surface area (Å²) in [5.41, 5.74) is 0. The predicted molar refractivity (Wildman–Crippen MR) is 207 cm³/mol. The summed E-state index contributed by atoms with van der Waals surface area (Å²) in [6.07, 6.45) is 39.4. The first-order chi connectivity index (χ1) is 24.3. The molecule has 0 aromatic carbocycles. The van der Waals surface area contributed by atoms with Crippen LogP contribution in [-0.4, -0.2) is 42.8 Å². The predicted octanol–water partition coefficient (Wildman–Crippen LogP) is 12.7. The van der Waals surface area contributed by atoms with Gasteiger partial charge in [-0.2, -0.15) is 0 Å². The van der Waals surface area contributed by atoms with Gasteiger partial charge < -0.3 is 14.4 Å². The summed E-state index contributed by atoms with van der Waals surface area (Å²) in [5, 5.41) is 0. The number of phosphoric ester groups is 1. The summed E-state index contributed by atoms with van der Waals surface area (Å²) in [7, 11) is -4.28. The van der Waals surface area contributed by atoms with Gasteiger partial charge >= 0.3 is 19.8 Å². The van der Waals surface area contributed by atoms with Crippen molar-refractivity contribution in [3.63, 3.8) is 0 Å². The van der Waals surface area contributed by atoms with Gasteiger partial charge in [0.25, 0.3) is 0 Å². The second-order valence-electron chi connectivity index (χ2n) is 13.7. The van der Waals surface area contributed by atoms with Crippen LogP contribution in [0.3, 0.4) is 0 Å². The molecule has 0 aliphatic carbocycles. The van der Waals surface area contributed by atoms with E-state index in [2.05, 4.69) is 38.2 Å². The Kier molecular flexibility index (Phi) is 36.2. The molecular formula is C41H77O8P. The number of carbonyl (C=O) groups is 2. The van der Waals surface area contributed by atoms with Crippen LogP contribution in [0.15, 0.2) is 24.3 Å². The van der Waals surface area contributed by atoms with E-state index in [-0.39, 0.29) is 25.6 Å². The Bertz CT molecular complexity index is 875. The van der Waals surface area contributed by atoms with Crippen LogP contribution in [0.25, 0.3) is 0 Å². The molecule has 2 unspecified atom stereocenters. The fourth-order valence-corrected chi connectivity index (χ4v) is 6.46. The Morgan fingerprint density at radius 3 is 1.48 bits per heavy atom. The van der Waals surface area contributed by atoms with Gasteiger partial charge in [-0.05, 0) is 45.4 Å². The first kappa shape index (κ1) is 48.5. The number of unbranched alkanes of at least 4 members (excludes halogenated alkanes) is 22. The van der Waals surface area contributed by atoms with Gasteiger partial charge in [0.2, 0.25) is 0 Å². The van der Waals surface area contributed by atoms with Crippen LogP contribution in [0.2, 0.25) is 0 Å². The number of hydrogen-bond acceptors (Lipinski definition) is 7. The highest BCUT2D eigenvalue weighted by Gasteiger charge is 2.25. The first-order valence-electron chi connectivity index (χ1n) is 20.6. The minimum absolute atomic E-state index is 0.000711. The molecule has 0 aliphatic heterocycles. The smallest absolute Gasteiger partial charge is 0.462 e. The van der Waals surface area contributed by atoms with E-state index >= 15 is 0 Å². The van der Waals surface area contributed by atoms with E-state index in [1.54, 1.807) is 6.92 Å². The van der Waals surface area contributed by atoms with Crippen molar-refractivity contribution in [2.75, 3.05) is 19.8 Å². The summed E-state index contributed by atoms with van der Waals surface area (Å²) in [6, 6.07) is 0. The molecule has 0 saturated heterocycles. The molecule has 1 N–H and O–H groups in total. The molecular weight excluding hydrogens is 651 g/mol. The van der Waals surface area contributed by atoms with Crippen molar-refractivity contribution in [2.24, 2.45) is 0 Å². The van der Waals surface area contributed by atoms with Gasteiger partial charge in [0.05, 0.1) is 13.2 Å². The van der Waals surface area contributed by atoms with Gasteiger partial charge in [-0.15, -0.1) is 0 Å². The monoisotopic (exact) mass is 729 g/mol. The molecule has 0 radical (unpaired) electrons. The normalized spacial score (nSPS) is 13.6. The molecule has 0 aliphatic rings. The standard InChI is InChI=1S/C41H77O8P/c1-4-7-9-11-13-15-17-19-21-22-24-25-27-29-31-33-35-40(42)46-37-39(38-48-50(44,45)47-6-3)49-41(43)36-34-32-30-28-26-23-20-18-16-14-12-10-8-5-2/h12,14,18,20,39H,4-11,13,15-17,19,21-38H2,1-3H3,(H,44,45)/b14-12-,20-18-. The van der Waals surface area contributed by atoms with Crippen molar-refractivity contribution in [1.29, 1.82) is 0 Å². The lowest BCUT2D eigenvalue weighted by atomic mass is 10.0. The molecule has 8 nitrogen and oxygen atoms in total. The number of hydrogen-bond donors (Lipinski definition) is 1. The average molecular weight is 729 g/mol. The highest BCUT2D eigenvalue weighted by Crippen LogP contribution is 2.43. The van der Waals surface area contributed by atoms with Gasteiger partial charge in [-0.25, -0.2) is 4.57 Å². The van der Waals surface area contributed by atoms with Crippen LogP contribution in [0.4, 0.5) is 0 Å². The first-order valence-corrected chi connectivity index (χ1v) is 22.1. The fraction of sp³-hybridized carbons (Fsp3) is 0.854. The highest BCUT2D eigenvalue weighted by molar-refractivity contribution is 7.47. The number of ether oxygens (including phenoxy) is 2. The third-order valence-electron chi connectivity index (χ3n) is 8.76. The van der Waals surface area contributed by atoms with E-state index in [0.717, 1.165) is 64.2 Å². The molecule has 0 spiro atoms. The second-order valence-corrected chi connectivity index (χ2v) is 15.1. The molecule has 0 heterocycles. The van der Waals surface area contributed by atoms with Crippen molar-refractivity contribution in [1.82, 2.24) is 0 Å². The molecule has 50 heavy (non-hydrogen) atoms. The topological polar surface area (TPSA) is 108 Å². The zero-order valence-corrected chi connectivity index (χ0v) is 33.5. The van der Waals surface area contributed by atoms with E-state index in [1.165, 1.54) is 96.3 Å². The Balaban J connectivity index is 4.10. The molecule has 0 rings (SSSR count). The summed E-state index contributed by atoms with van der Waals surface area (Å²) in [5.74, 6) is -0.807.